The highest BCUT2D eigenvalue weighted by molar-refractivity contribution is 7.88. The van der Waals surface area contributed by atoms with Crippen molar-refractivity contribution >= 4 is 22.0 Å². The molecular formula is C20H22N2O3S. The number of hydrogen-bond acceptors (Lipinski definition) is 3. The molecule has 0 aliphatic carbocycles. The van der Waals surface area contributed by atoms with Crippen molar-refractivity contribution in [3.8, 4) is 0 Å². The van der Waals surface area contributed by atoms with Crippen molar-refractivity contribution < 1.29 is 13.2 Å². The molecule has 0 saturated carbocycles. The van der Waals surface area contributed by atoms with Gasteiger partial charge < -0.3 is 4.90 Å². The molecule has 0 N–H and O–H groups in total. The van der Waals surface area contributed by atoms with Gasteiger partial charge in [-0.05, 0) is 17.2 Å². The Kier molecular flexibility index (Phi) is 5.85. The normalized spacial score (nSPS) is 16.1. The largest absolute Gasteiger partial charge is 0.337 e. The predicted molar refractivity (Wildman–Crippen MR) is 103 cm³/mol. The van der Waals surface area contributed by atoms with Gasteiger partial charge >= 0.3 is 0 Å². The molecule has 26 heavy (non-hydrogen) atoms. The molecule has 6 heteroatoms. The Morgan fingerprint density at radius 2 is 1.46 bits per heavy atom. The zero-order chi connectivity index (χ0) is 18.4. The maximum Gasteiger partial charge on any atom is 0.246 e. The van der Waals surface area contributed by atoms with Crippen LogP contribution >= 0.6 is 0 Å². The number of carbonyl (C=O) groups excluding carboxylic acids is 1. The quantitative estimate of drug-likeness (QED) is 0.760. The molecule has 136 valence electrons. The van der Waals surface area contributed by atoms with E-state index in [1.807, 2.05) is 60.7 Å². The topological polar surface area (TPSA) is 57.7 Å². The van der Waals surface area contributed by atoms with E-state index in [0.29, 0.717) is 26.2 Å². The molecule has 0 radical (unpaired) electrons. The SMILES string of the molecule is O=C(/C=C/c1ccccc1)N1CCN(S(=O)(=O)Cc2ccccc2)CC1. The molecule has 0 spiro atoms. The minimum absolute atomic E-state index is 0.00427. The highest BCUT2D eigenvalue weighted by atomic mass is 32.2. The third kappa shape index (κ3) is 4.80. The van der Waals surface area contributed by atoms with Gasteiger partial charge in [0.2, 0.25) is 15.9 Å². The molecule has 2 aromatic carbocycles. The van der Waals surface area contributed by atoms with Crippen molar-refractivity contribution in [3.05, 3.63) is 77.9 Å². The minimum atomic E-state index is -3.36. The number of sulfonamides is 1. The summed E-state index contributed by atoms with van der Waals surface area (Å²) < 4.78 is 26.6. The number of carbonyl (C=O) groups is 1. The van der Waals surface area contributed by atoms with Crippen molar-refractivity contribution in [3.63, 3.8) is 0 Å². The lowest BCUT2D eigenvalue weighted by atomic mass is 10.2. The van der Waals surface area contributed by atoms with Gasteiger partial charge in [0.05, 0.1) is 5.75 Å². The lowest BCUT2D eigenvalue weighted by Crippen LogP contribution is -2.50. The van der Waals surface area contributed by atoms with Crippen LogP contribution < -0.4 is 0 Å². The lowest BCUT2D eigenvalue weighted by molar-refractivity contribution is -0.127. The fourth-order valence-corrected chi connectivity index (χ4v) is 4.42. The zero-order valence-electron chi connectivity index (χ0n) is 14.5. The predicted octanol–water partition coefficient (Wildman–Crippen LogP) is 2.37. The fourth-order valence-electron chi connectivity index (χ4n) is 2.90. The first-order valence-electron chi connectivity index (χ1n) is 8.58. The Labute approximate surface area is 154 Å². The molecule has 0 unspecified atom stereocenters. The van der Waals surface area contributed by atoms with E-state index in [9.17, 15) is 13.2 Å². The first-order valence-corrected chi connectivity index (χ1v) is 10.2. The van der Waals surface area contributed by atoms with Gasteiger partial charge in [-0.1, -0.05) is 60.7 Å². The van der Waals surface area contributed by atoms with E-state index in [2.05, 4.69) is 0 Å². The number of amides is 1. The summed E-state index contributed by atoms with van der Waals surface area (Å²) in [5.41, 5.74) is 1.74. The molecule has 1 heterocycles. The average molecular weight is 370 g/mol. The fraction of sp³-hybridized carbons (Fsp3) is 0.250. The molecule has 1 aliphatic rings. The minimum Gasteiger partial charge on any atom is -0.337 e. The monoisotopic (exact) mass is 370 g/mol. The molecule has 0 atom stereocenters. The summed E-state index contributed by atoms with van der Waals surface area (Å²) in [6.45, 7) is 1.48. The van der Waals surface area contributed by atoms with E-state index < -0.39 is 10.0 Å². The van der Waals surface area contributed by atoms with Crippen LogP contribution in [0.3, 0.4) is 0 Å². The molecule has 1 saturated heterocycles. The molecule has 0 aromatic heterocycles. The summed E-state index contributed by atoms with van der Waals surface area (Å²) >= 11 is 0. The van der Waals surface area contributed by atoms with Crippen molar-refractivity contribution in [1.29, 1.82) is 0 Å². The Balaban J connectivity index is 1.55. The van der Waals surface area contributed by atoms with Crippen molar-refractivity contribution in [2.75, 3.05) is 26.2 Å². The third-order valence-corrected chi connectivity index (χ3v) is 6.20. The third-order valence-electron chi connectivity index (χ3n) is 4.35. The van der Waals surface area contributed by atoms with Crippen LogP contribution in [0, 0.1) is 0 Å². The maximum atomic E-state index is 12.6. The second kappa shape index (κ2) is 8.29. The molecule has 1 aliphatic heterocycles. The Bertz CT molecular complexity index is 856. The molecule has 5 nitrogen and oxygen atoms in total. The second-order valence-corrected chi connectivity index (χ2v) is 8.18. The highest BCUT2D eigenvalue weighted by Crippen LogP contribution is 2.14. The first-order chi connectivity index (χ1) is 12.5. The lowest BCUT2D eigenvalue weighted by Gasteiger charge is -2.33. The van der Waals surface area contributed by atoms with Gasteiger partial charge in [-0.15, -0.1) is 0 Å². The van der Waals surface area contributed by atoms with Crippen molar-refractivity contribution in [2.24, 2.45) is 0 Å². The molecule has 3 rings (SSSR count). The van der Waals surface area contributed by atoms with Gasteiger partial charge in [0, 0.05) is 32.3 Å². The number of hydrogen-bond donors (Lipinski definition) is 0. The van der Waals surface area contributed by atoms with Gasteiger partial charge in [0.25, 0.3) is 0 Å². The second-order valence-electron chi connectivity index (χ2n) is 6.21. The van der Waals surface area contributed by atoms with E-state index in [1.165, 1.54) is 4.31 Å². The van der Waals surface area contributed by atoms with Crippen molar-refractivity contribution in [2.45, 2.75) is 5.75 Å². The van der Waals surface area contributed by atoms with E-state index in [-0.39, 0.29) is 11.7 Å². The van der Waals surface area contributed by atoms with Crippen LogP contribution in [0.5, 0.6) is 0 Å². The van der Waals surface area contributed by atoms with Crippen LogP contribution in [0.15, 0.2) is 66.7 Å². The number of rotatable bonds is 5. The van der Waals surface area contributed by atoms with Crippen LogP contribution in [0.25, 0.3) is 6.08 Å². The van der Waals surface area contributed by atoms with E-state index >= 15 is 0 Å². The summed E-state index contributed by atoms with van der Waals surface area (Å²) in [6.07, 6.45) is 3.32. The van der Waals surface area contributed by atoms with Crippen LogP contribution in [-0.2, 0) is 20.6 Å². The molecule has 2 aromatic rings. The van der Waals surface area contributed by atoms with Gasteiger partial charge in [-0.2, -0.15) is 4.31 Å². The molecule has 1 amide bonds. The average Bonchev–Trinajstić information content (AvgIpc) is 2.67. The summed E-state index contributed by atoms with van der Waals surface area (Å²) in [4.78, 5) is 14.0. The molecule has 1 fully saturated rings. The van der Waals surface area contributed by atoms with Crippen LogP contribution in [0.2, 0.25) is 0 Å². The van der Waals surface area contributed by atoms with Crippen LogP contribution in [0.1, 0.15) is 11.1 Å². The smallest absolute Gasteiger partial charge is 0.246 e. The maximum absolute atomic E-state index is 12.6. The Hall–Kier alpha value is -2.44. The summed E-state index contributed by atoms with van der Waals surface area (Å²) in [5.74, 6) is -0.0932. The number of benzene rings is 2. The zero-order valence-corrected chi connectivity index (χ0v) is 15.3. The first kappa shape index (κ1) is 18.4. The van der Waals surface area contributed by atoms with Gasteiger partial charge in [-0.25, -0.2) is 8.42 Å². The van der Waals surface area contributed by atoms with Gasteiger partial charge in [0.1, 0.15) is 0 Å². The summed E-state index contributed by atoms with van der Waals surface area (Å²) in [5, 5.41) is 0. The number of nitrogens with zero attached hydrogens (tertiary/aromatic N) is 2. The summed E-state index contributed by atoms with van der Waals surface area (Å²) in [6, 6.07) is 18.8. The van der Waals surface area contributed by atoms with Crippen LogP contribution in [-0.4, -0.2) is 49.7 Å². The summed E-state index contributed by atoms with van der Waals surface area (Å²) in [7, 11) is -3.36. The Morgan fingerprint density at radius 3 is 2.08 bits per heavy atom. The van der Waals surface area contributed by atoms with Gasteiger partial charge in [0.15, 0.2) is 0 Å². The Morgan fingerprint density at radius 1 is 0.885 bits per heavy atom. The molecular weight excluding hydrogens is 348 g/mol. The highest BCUT2D eigenvalue weighted by Gasteiger charge is 2.28. The number of piperazine rings is 1. The van der Waals surface area contributed by atoms with E-state index in [1.54, 1.807) is 17.1 Å². The van der Waals surface area contributed by atoms with E-state index in [0.717, 1.165) is 11.1 Å². The molecule has 0 bridgehead atoms. The van der Waals surface area contributed by atoms with Crippen LogP contribution in [0.4, 0.5) is 0 Å². The van der Waals surface area contributed by atoms with Gasteiger partial charge in [-0.3, -0.25) is 4.79 Å². The van der Waals surface area contributed by atoms with Crippen molar-refractivity contribution in [1.82, 2.24) is 9.21 Å². The standard InChI is InChI=1S/C20H22N2O3S/c23-20(12-11-18-7-3-1-4-8-18)21-13-15-22(16-14-21)26(24,25)17-19-9-5-2-6-10-19/h1-12H,13-17H2/b12-11+. The van der Waals surface area contributed by atoms with E-state index in [4.69, 9.17) is 0 Å².